The first-order chi connectivity index (χ1) is 10.6. The molecule has 1 aliphatic rings. The number of ether oxygens (including phenoxy) is 1. The lowest BCUT2D eigenvalue weighted by molar-refractivity contribution is -0.124. The van der Waals surface area contributed by atoms with Crippen LogP contribution in [-0.2, 0) is 9.53 Å². The number of rotatable bonds is 5. The lowest BCUT2D eigenvalue weighted by Crippen LogP contribution is -2.21. The van der Waals surface area contributed by atoms with Crippen LogP contribution in [0.5, 0.6) is 0 Å². The van der Waals surface area contributed by atoms with Crippen LogP contribution in [0.3, 0.4) is 0 Å². The number of hydrazone groups is 1. The smallest absolute Gasteiger partial charge is 0.279 e. The van der Waals surface area contributed by atoms with Crippen molar-refractivity contribution in [1.29, 1.82) is 0 Å². The van der Waals surface area contributed by atoms with Gasteiger partial charge in [-0.3, -0.25) is 4.79 Å². The van der Waals surface area contributed by atoms with Crippen LogP contribution in [0.1, 0.15) is 26.3 Å². The van der Waals surface area contributed by atoms with Crippen LogP contribution in [0.15, 0.2) is 34.9 Å². The van der Waals surface area contributed by atoms with Gasteiger partial charge in [-0.15, -0.1) is 5.10 Å². The molecule has 0 radical (unpaired) electrons. The van der Waals surface area contributed by atoms with Gasteiger partial charge in [-0.25, -0.2) is 5.01 Å². The van der Waals surface area contributed by atoms with E-state index in [4.69, 9.17) is 4.74 Å². The zero-order valence-corrected chi connectivity index (χ0v) is 13.7. The molecule has 0 aliphatic carbocycles. The first-order valence-corrected chi connectivity index (χ1v) is 7.67. The van der Waals surface area contributed by atoms with E-state index in [1.54, 1.807) is 7.05 Å². The minimum atomic E-state index is -0.142. The molecular weight excluding hydrogens is 278 g/mol. The van der Waals surface area contributed by atoms with Crippen molar-refractivity contribution in [2.45, 2.75) is 20.8 Å². The molecule has 118 valence electrons. The second-order valence-corrected chi connectivity index (χ2v) is 4.99. The third-order valence-corrected chi connectivity index (χ3v) is 3.61. The molecule has 1 heterocycles. The Kier molecular flexibility index (Phi) is 5.20. The normalized spacial score (nSPS) is 16.2. The third-order valence-electron chi connectivity index (χ3n) is 3.61. The van der Waals surface area contributed by atoms with Crippen LogP contribution < -0.4 is 4.90 Å². The molecule has 5 heteroatoms. The van der Waals surface area contributed by atoms with Crippen molar-refractivity contribution in [1.82, 2.24) is 5.01 Å². The molecule has 1 amide bonds. The molecule has 22 heavy (non-hydrogen) atoms. The van der Waals surface area contributed by atoms with Gasteiger partial charge >= 0.3 is 0 Å². The fourth-order valence-corrected chi connectivity index (χ4v) is 2.40. The van der Waals surface area contributed by atoms with Crippen molar-refractivity contribution in [2.75, 3.05) is 31.6 Å². The Morgan fingerprint density at radius 2 is 1.82 bits per heavy atom. The molecule has 0 unspecified atom stereocenters. The van der Waals surface area contributed by atoms with Crippen LogP contribution in [0, 0.1) is 0 Å². The summed E-state index contributed by atoms with van der Waals surface area (Å²) in [4.78, 5) is 14.4. The number of anilines is 1. The number of nitrogens with zero attached hydrogens (tertiary/aromatic N) is 3. The van der Waals surface area contributed by atoms with Crippen LogP contribution >= 0.6 is 0 Å². The summed E-state index contributed by atoms with van der Waals surface area (Å²) in [6.07, 6.45) is 1.83. The van der Waals surface area contributed by atoms with Gasteiger partial charge in [0.1, 0.15) is 5.57 Å². The molecular formula is C17H23N3O2. The molecule has 1 aliphatic heterocycles. The van der Waals surface area contributed by atoms with Crippen molar-refractivity contribution in [3.63, 3.8) is 0 Å². The monoisotopic (exact) mass is 301 g/mol. The largest absolute Gasteiger partial charge is 0.476 e. The summed E-state index contributed by atoms with van der Waals surface area (Å²) in [6.45, 7) is 8.58. The Bertz CT molecular complexity index is 586. The number of carbonyl (C=O) groups excluding carboxylic acids is 1. The van der Waals surface area contributed by atoms with E-state index < -0.39 is 0 Å². The number of hydrogen-bond donors (Lipinski definition) is 0. The molecule has 0 saturated heterocycles. The van der Waals surface area contributed by atoms with Gasteiger partial charge in [0.15, 0.2) is 0 Å². The number of benzene rings is 1. The molecule has 1 aromatic rings. The van der Waals surface area contributed by atoms with E-state index in [0.29, 0.717) is 18.1 Å². The summed E-state index contributed by atoms with van der Waals surface area (Å²) >= 11 is 0. The molecule has 5 nitrogen and oxygen atoms in total. The van der Waals surface area contributed by atoms with E-state index in [1.165, 1.54) is 10.7 Å². The Morgan fingerprint density at radius 1 is 1.18 bits per heavy atom. The van der Waals surface area contributed by atoms with Gasteiger partial charge in [-0.05, 0) is 44.5 Å². The molecule has 0 N–H and O–H groups in total. The zero-order chi connectivity index (χ0) is 16.1. The van der Waals surface area contributed by atoms with E-state index >= 15 is 0 Å². The Balaban J connectivity index is 2.25. The second-order valence-electron chi connectivity index (χ2n) is 4.99. The molecule has 1 aromatic carbocycles. The molecule has 0 aromatic heterocycles. The maximum atomic E-state index is 12.1. The summed E-state index contributed by atoms with van der Waals surface area (Å²) in [5.74, 6) is 0.249. The van der Waals surface area contributed by atoms with Crippen LogP contribution in [0.25, 0.3) is 6.08 Å². The van der Waals surface area contributed by atoms with E-state index in [1.807, 2.05) is 25.1 Å². The topological polar surface area (TPSA) is 45.1 Å². The summed E-state index contributed by atoms with van der Waals surface area (Å²) in [5, 5.41) is 5.42. The SMILES string of the molecule is CCOC1=NN(C)C(=O)/C1=C\c1ccc(N(CC)CC)cc1. The van der Waals surface area contributed by atoms with Gasteiger partial charge in [-0.2, -0.15) is 0 Å². The van der Waals surface area contributed by atoms with Crippen LogP contribution in [0.4, 0.5) is 5.69 Å². The van der Waals surface area contributed by atoms with Crippen molar-refractivity contribution in [2.24, 2.45) is 5.10 Å². The molecule has 0 saturated carbocycles. The average molecular weight is 301 g/mol. The number of carbonyl (C=O) groups is 1. The van der Waals surface area contributed by atoms with Crippen molar-refractivity contribution in [3.05, 3.63) is 35.4 Å². The van der Waals surface area contributed by atoms with Crippen LogP contribution in [0.2, 0.25) is 0 Å². The average Bonchev–Trinajstić information content (AvgIpc) is 2.78. The molecule has 2 rings (SSSR count). The second kappa shape index (κ2) is 7.11. The zero-order valence-electron chi connectivity index (χ0n) is 13.7. The highest BCUT2D eigenvalue weighted by atomic mass is 16.5. The third kappa shape index (κ3) is 3.30. The van der Waals surface area contributed by atoms with Gasteiger partial charge in [0.05, 0.1) is 6.61 Å². The fourth-order valence-electron chi connectivity index (χ4n) is 2.40. The van der Waals surface area contributed by atoms with E-state index in [9.17, 15) is 4.79 Å². The summed E-state index contributed by atoms with van der Waals surface area (Å²) in [6, 6.07) is 8.16. The van der Waals surface area contributed by atoms with E-state index in [2.05, 4.69) is 36.0 Å². The highest BCUT2D eigenvalue weighted by molar-refractivity contribution is 6.24. The Labute approximate surface area is 131 Å². The van der Waals surface area contributed by atoms with Gasteiger partial charge in [0, 0.05) is 25.8 Å². The van der Waals surface area contributed by atoms with E-state index in [-0.39, 0.29) is 5.91 Å². The number of amides is 1. The molecule has 0 atom stereocenters. The van der Waals surface area contributed by atoms with E-state index in [0.717, 1.165) is 18.7 Å². The molecule has 0 bridgehead atoms. The number of likely N-dealkylation sites (N-methyl/N-ethyl adjacent to an activating group) is 1. The minimum absolute atomic E-state index is 0.142. The first-order valence-electron chi connectivity index (χ1n) is 7.67. The standard InChI is InChI=1S/C17H23N3O2/c1-5-20(6-2)14-10-8-13(9-11-14)12-15-16(22-7-3)18-19(4)17(15)21/h8-12H,5-7H2,1-4H3/b15-12-. The maximum Gasteiger partial charge on any atom is 0.279 e. The molecule has 0 fully saturated rings. The van der Waals surface area contributed by atoms with Gasteiger partial charge in [0.25, 0.3) is 5.91 Å². The number of hydrogen-bond acceptors (Lipinski definition) is 4. The quantitative estimate of drug-likeness (QED) is 0.786. The Hall–Kier alpha value is -2.30. The fraction of sp³-hybridized carbons (Fsp3) is 0.412. The highest BCUT2D eigenvalue weighted by Gasteiger charge is 2.28. The minimum Gasteiger partial charge on any atom is -0.476 e. The summed E-state index contributed by atoms with van der Waals surface area (Å²) in [7, 11) is 1.63. The Morgan fingerprint density at radius 3 is 2.36 bits per heavy atom. The summed E-state index contributed by atoms with van der Waals surface area (Å²) < 4.78 is 5.44. The van der Waals surface area contributed by atoms with Crippen molar-refractivity contribution < 1.29 is 9.53 Å². The van der Waals surface area contributed by atoms with Crippen molar-refractivity contribution >= 4 is 23.6 Å². The van der Waals surface area contributed by atoms with Gasteiger partial charge in [0.2, 0.25) is 5.90 Å². The van der Waals surface area contributed by atoms with Crippen LogP contribution in [-0.4, -0.2) is 43.6 Å². The lowest BCUT2D eigenvalue weighted by Gasteiger charge is -2.20. The highest BCUT2D eigenvalue weighted by Crippen LogP contribution is 2.20. The maximum absolute atomic E-state index is 12.1. The molecule has 0 spiro atoms. The van der Waals surface area contributed by atoms with Crippen molar-refractivity contribution in [3.8, 4) is 0 Å². The van der Waals surface area contributed by atoms with Gasteiger partial charge < -0.3 is 9.64 Å². The summed E-state index contributed by atoms with van der Waals surface area (Å²) in [5.41, 5.74) is 2.64. The predicted molar refractivity (Wildman–Crippen MR) is 89.8 cm³/mol. The van der Waals surface area contributed by atoms with Gasteiger partial charge in [-0.1, -0.05) is 12.1 Å². The lowest BCUT2D eigenvalue weighted by atomic mass is 10.1. The predicted octanol–water partition coefficient (Wildman–Crippen LogP) is 2.74. The first kappa shape index (κ1) is 16.1.